The van der Waals surface area contributed by atoms with Gasteiger partial charge < -0.3 is 10.1 Å². The van der Waals surface area contributed by atoms with Crippen molar-refractivity contribution < 1.29 is 9.53 Å². The number of carbonyl (C=O) groups excluding carboxylic acids is 1. The van der Waals surface area contributed by atoms with E-state index < -0.39 is 0 Å². The second-order valence-electron chi connectivity index (χ2n) is 10.2. The van der Waals surface area contributed by atoms with E-state index in [-0.39, 0.29) is 18.2 Å². The summed E-state index contributed by atoms with van der Waals surface area (Å²) < 4.78 is 6.36. The van der Waals surface area contributed by atoms with E-state index in [1.807, 2.05) is 24.3 Å². The summed E-state index contributed by atoms with van der Waals surface area (Å²) in [6.45, 7) is 8.16. The van der Waals surface area contributed by atoms with Crippen LogP contribution in [0.1, 0.15) is 48.2 Å². The first kappa shape index (κ1) is 25.6. The van der Waals surface area contributed by atoms with Crippen LogP contribution in [0.2, 0.25) is 5.02 Å². The molecule has 1 amide bonds. The largest absolute Gasteiger partial charge is 0.358 e. The molecule has 3 saturated heterocycles. The molecule has 2 aromatic rings. The summed E-state index contributed by atoms with van der Waals surface area (Å²) in [5.74, 6) is -0.133. The fraction of sp³-hybridized carbons (Fsp3) is 0.571. The third-order valence-electron chi connectivity index (χ3n) is 7.87. The number of nitrogens with one attached hydrogen (secondary N) is 1. The van der Waals surface area contributed by atoms with E-state index in [1.54, 1.807) is 12.3 Å². The van der Waals surface area contributed by atoms with Crippen LogP contribution >= 0.6 is 11.6 Å². The first-order valence-electron chi connectivity index (χ1n) is 13.4. The third kappa shape index (κ3) is 6.64. The normalized spacial score (nSPS) is 25.0. The number of aromatic nitrogens is 1. The maximum absolute atomic E-state index is 12.3. The summed E-state index contributed by atoms with van der Waals surface area (Å²) in [6, 6.07) is 14.3. The van der Waals surface area contributed by atoms with Crippen LogP contribution in [0.25, 0.3) is 0 Å². The van der Waals surface area contributed by atoms with Gasteiger partial charge in [0.15, 0.2) is 0 Å². The van der Waals surface area contributed by atoms with Gasteiger partial charge >= 0.3 is 0 Å². The van der Waals surface area contributed by atoms with Gasteiger partial charge in [0.25, 0.3) is 5.91 Å². The number of rotatable bonds is 7. The van der Waals surface area contributed by atoms with Crippen molar-refractivity contribution in [1.29, 1.82) is 0 Å². The molecule has 1 aromatic carbocycles. The fourth-order valence-electron chi connectivity index (χ4n) is 5.82. The Morgan fingerprint density at radius 1 is 0.944 bits per heavy atom. The Hall–Kier alpha value is -2.03. The van der Waals surface area contributed by atoms with E-state index in [2.05, 4.69) is 37.1 Å². The van der Waals surface area contributed by atoms with E-state index in [0.29, 0.717) is 18.3 Å². The average molecular weight is 512 g/mol. The quantitative estimate of drug-likeness (QED) is 0.612. The lowest BCUT2D eigenvalue weighted by molar-refractivity contribution is -0.0516. The van der Waals surface area contributed by atoms with Crippen molar-refractivity contribution in [3.05, 3.63) is 64.9 Å². The maximum Gasteiger partial charge on any atom is 0.269 e. The Morgan fingerprint density at radius 2 is 1.72 bits per heavy atom. The minimum atomic E-state index is -0.133. The van der Waals surface area contributed by atoms with Gasteiger partial charge in [-0.2, -0.15) is 0 Å². The summed E-state index contributed by atoms with van der Waals surface area (Å²) in [4.78, 5) is 24.2. The van der Waals surface area contributed by atoms with Crippen molar-refractivity contribution in [3.63, 3.8) is 0 Å². The van der Waals surface area contributed by atoms with Gasteiger partial charge in [0, 0.05) is 50.0 Å². The molecule has 194 valence electrons. The zero-order chi connectivity index (χ0) is 24.7. The van der Waals surface area contributed by atoms with Crippen LogP contribution in [-0.2, 0) is 11.3 Å². The van der Waals surface area contributed by atoms with E-state index in [1.165, 1.54) is 31.4 Å². The molecule has 3 aliphatic heterocycles. The van der Waals surface area contributed by atoms with E-state index in [0.717, 1.165) is 57.1 Å². The summed E-state index contributed by atoms with van der Waals surface area (Å²) in [6.07, 6.45) is 7.53. The molecule has 0 aliphatic carbocycles. The molecule has 0 spiro atoms. The molecular formula is C28H38ClN5O2. The molecule has 0 bridgehead atoms. The molecule has 2 atom stereocenters. The van der Waals surface area contributed by atoms with Gasteiger partial charge in [0.1, 0.15) is 11.9 Å². The Labute approximate surface area is 219 Å². The summed E-state index contributed by atoms with van der Waals surface area (Å²) in [7, 11) is 0. The van der Waals surface area contributed by atoms with Gasteiger partial charge in [0.05, 0.1) is 6.10 Å². The van der Waals surface area contributed by atoms with Gasteiger partial charge in [0.2, 0.25) is 0 Å². The monoisotopic (exact) mass is 511 g/mol. The number of halogens is 1. The highest BCUT2D eigenvalue weighted by Gasteiger charge is 2.33. The highest BCUT2D eigenvalue weighted by molar-refractivity contribution is 6.31. The number of amides is 1. The SMILES string of the molecule is O=C(NC[C@H]1CCC(N2CCCN(C3CCN(Cc4ccccc4Cl)CC3)CC2)O1)c1ccccn1. The summed E-state index contributed by atoms with van der Waals surface area (Å²) >= 11 is 6.37. The average Bonchev–Trinajstić information content (AvgIpc) is 3.25. The lowest BCUT2D eigenvalue weighted by Gasteiger charge is -2.38. The van der Waals surface area contributed by atoms with E-state index >= 15 is 0 Å². The number of ether oxygens (including phenoxy) is 1. The van der Waals surface area contributed by atoms with Crippen molar-refractivity contribution >= 4 is 17.5 Å². The number of benzene rings is 1. The predicted octanol–water partition coefficient (Wildman–Crippen LogP) is 3.64. The molecule has 3 fully saturated rings. The maximum atomic E-state index is 12.3. The van der Waals surface area contributed by atoms with E-state index in [9.17, 15) is 4.79 Å². The molecular weight excluding hydrogens is 474 g/mol. The van der Waals surface area contributed by atoms with Crippen molar-refractivity contribution in [2.45, 2.75) is 57.0 Å². The fourth-order valence-corrected chi connectivity index (χ4v) is 6.02. The second kappa shape index (κ2) is 12.5. The standard InChI is InChI=1S/C28H38ClN5O2/c29-25-7-2-1-6-22(25)21-32-16-11-23(12-17-32)33-14-5-15-34(19-18-33)27-10-9-24(36-27)20-31-28(35)26-8-3-4-13-30-26/h1-4,6-8,13,23-24,27H,5,9-12,14-21H2,(H,31,35)/t24-,27?/m1/s1. The lowest BCUT2D eigenvalue weighted by Crippen LogP contribution is -2.46. The molecule has 7 nitrogen and oxygen atoms in total. The second-order valence-corrected chi connectivity index (χ2v) is 10.6. The molecule has 1 N–H and O–H groups in total. The van der Waals surface area contributed by atoms with Gasteiger partial charge in [-0.3, -0.25) is 24.5 Å². The van der Waals surface area contributed by atoms with Crippen molar-refractivity contribution in [2.75, 3.05) is 45.8 Å². The van der Waals surface area contributed by atoms with Crippen LogP contribution in [0.15, 0.2) is 48.7 Å². The highest BCUT2D eigenvalue weighted by Crippen LogP contribution is 2.26. The molecule has 3 aliphatic rings. The van der Waals surface area contributed by atoms with Crippen molar-refractivity contribution in [2.24, 2.45) is 0 Å². The van der Waals surface area contributed by atoms with Crippen LogP contribution < -0.4 is 5.32 Å². The zero-order valence-corrected chi connectivity index (χ0v) is 21.8. The Kier molecular flexibility index (Phi) is 8.88. The summed E-state index contributed by atoms with van der Waals surface area (Å²) in [5.41, 5.74) is 1.68. The first-order valence-corrected chi connectivity index (χ1v) is 13.8. The third-order valence-corrected chi connectivity index (χ3v) is 8.24. The zero-order valence-electron chi connectivity index (χ0n) is 21.0. The Balaban J connectivity index is 1.03. The smallest absolute Gasteiger partial charge is 0.269 e. The molecule has 1 aromatic heterocycles. The number of hydrogen-bond acceptors (Lipinski definition) is 6. The number of pyridine rings is 1. The van der Waals surface area contributed by atoms with Gasteiger partial charge in [-0.25, -0.2) is 0 Å². The Bertz CT molecular complexity index is 985. The van der Waals surface area contributed by atoms with Crippen LogP contribution in [0.5, 0.6) is 0 Å². The van der Waals surface area contributed by atoms with Gasteiger partial charge in [-0.1, -0.05) is 35.9 Å². The van der Waals surface area contributed by atoms with Gasteiger partial charge in [-0.15, -0.1) is 0 Å². The number of nitrogens with zero attached hydrogens (tertiary/aromatic N) is 4. The molecule has 36 heavy (non-hydrogen) atoms. The molecule has 8 heteroatoms. The number of carbonyl (C=O) groups is 1. The highest BCUT2D eigenvalue weighted by atomic mass is 35.5. The lowest BCUT2D eigenvalue weighted by atomic mass is 10.0. The Morgan fingerprint density at radius 3 is 2.53 bits per heavy atom. The van der Waals surface area contributed by atoms with Crippen molar-refractivity contribution in [3.8, 4) is 0 Å². The van der Waals surface area contributed by atoms with Crippen LogP contribution in [-0.4, -0.2) is 89.8 Å². The first-order chi connectivity index (χ1) is 17.7. The molecule has 1 unspecified atom stereocenters. The minimum Gasteiger partial charge on any atom is -0.358 e. The molecule has 0 saturated carbocycles. The number of piperidine rings is 1. The van der Waals surface area contributed by atoms with Crippen LogP contribution in [0, 0.1) is 0 Å². The van der Waals surface area contributed by atoms with Crippen LogP contribution in [0.4, 0.5) is 0 Å². The number of hydrogen-bond donors (Lipinski definition) is 1. The summed E-state index contributed by atoms with van der Waals surface area (Å²) in [5, 5.41) is 3.86. The van der Waals surface area contributed by atoms with Crippen molar-refractivity contribution in [1.82, 2.24) is 25.0 Å². The molecule has 4 heterocycles. The predicted molar refractivity (Wildman–Crippen MR) is 142 cm³/mol. The number of likely N-dealkylation sites (tertiary alicyclic amines) is 1. The van der Waals surface area contributed by atoms with Crippen LogP contribution in [0.3, 0.4) is 0 Å². The van der Waals surface area contributed by atoms with E-state index in [4.69, 9.17) is 16.3 Å². The van der Waals surface area contributed by atoms with Gasteiger partial charge in [-0.05, 0) is 75.5 Å². The molecule has 0 radical (unpaired) electrons. The minimum absolute atomic E-state index is 0.0736. The topological polar surface area (TPSA) is 60.9 Å². The molecule has 5 rings (SSSR count).